The third-order valence-corrected chi connectivity index (χ3v) is 2.36. The number of halogens is 1. The van der Waals surface area contributed by atoms with Gasteiger partial charge in [0.1, 0.15) is 5.82 Å². The molecule has 1 heterocycles. The topological polar surface area (TPSA) is 62.7 Å². The molecule has 5 heteroatoms. The van der Waals surface area contributed by atoms with Crippen molar-refractivity contribution in [3.63, 3.8) is 0 Å². The maximum absolute atomic E-state index is 13.1. The van der Waals surface area contributed by atoms with Gasteiger partial charge in [0, 0.05) is 18.4 Å². The van der Waals surface area contributed by atoms with E-state index in [1.807, 2.05) is 13.0 Å². The quantitative estimate of drug-likeness (QED) is 0.814. The van der Waals surface area contributed by atoms with Crippen LogP contribution in [-0.2, 0) is 6.42 Å². The Bertz CT molecular complexity index is 571. The van der Waals surface area contributed by atoms with Crippen molar-refractivity contribution in [2.45, 2.75) is 19.8 Å². The Balaban J connectivity index is 2.30. The van der Waals surface area contributed by atoms with Gasteiger partial charge in [0.05, 0.1) is 6.07 Å². The third kappa shape index (κ3) is 2.48. The first kappa shape index (κ1) is 11.3. The van der Waals surface area contributed by atoms with Crippen LogP contribution >= 0.6 is 0 Å². The molecule has 0 radical (unpaired) electrons. The van der Waals surface area contributed by atoms with Gasteiger partial charge in [-0.2, -0.15) is 10.2 Å². The second-order valence-corrected chi connectivity index (χ2v) is 3.63. The smallest absolute Gasteiger partial charge is 0.227 e. The molecule has 0 unspecified atom stereocenters. The standard InChI is InChI=1S/C12H10FN3O/c1-8-4-5-9(13)7-10(8)12-15-11(17-16-12)3-2-6-14/h4-5,7H,2-3H2,1H3. The molecule has 1 aromatic carbocycles. The van der Waals surface area contributed by atoms with Crippen LogP contribution in [0.4, 0.5) is 4.39 Å². The first-order valence-electron chi connectivity index (χ1n) is 5.17. The van der Waals surface area contributed by atoms with Crippen LogP contribution in [0.2, 0.25) is 0 Å². The summed E-state index contributed by atoms with van der Waals surface area (Å²) in [5.41, 5.74) is 1.48. The molecule has 0 aliphatic carbocycles. The maximum Gasteiger partial charge on any atom is 0.227 e. The van der Waals surface area contributed by atoms with Gasteiger partial charge in [0.2, 0.25) is 11.7 Å². The van der Waals surface area contributed by atoms with Gasteiger partial charge < -0.3 is 4.52 Å². The van der Waals surface area contributed by atoms with E-state index in [0.717, 1.165) is 5.56 Å². The Morgan fingerprint density at radius 3 is 3.06 bits per heavy atom. The van der Waals surface area contributed by atoms with Crippen LogP contribution in [0.3, 0.4) is 0 Å². The molecule has 0 fully saturated rings. The predicted octanol–water partition coefficient (Wildman–Crippen LogP) is 2.64. The molecule has 0 aliphatic rings. The van der Waals surface area contributed by atoms with Crippen LogP contribution < -0.4 is 0 Å². The lowest BCUT2D eigenvalue weighted by Gasteiger charge is -1.99. The average Bonchev–Trinajstić information content (AvgIpc) is 2.78. The minimum atomic E-state index is -0.339. The van der Waals surface area contributed by atoms with Crippen LogP contribution in [0.1, 0.15) is 17.9 Å². The van der Waals surface area contributed by atoms with E-state index in [9.17, 15) is 4.39 Å². The first-order chi connectivity index (χ1) is 8.20. The summed E-state index contributed by atoms with van der Waals surface area (Å²) in [5.74, 6) is 0.411. The monoisotopic (exact) mass is 231 g/mol. The summed E-state index contributed by atoms with van der Waals surface area (Å²) in [6, 6.07) is 6.41. The van der Waals surface area contributed by atoms with Gasteiger partial charge in [-0.25, -0.2) is 4.39 Å². The molecule has 2 aromatic rings. The molecule has 0 saturated carbocycles. The van der Waals surface area contributed by atoms with Crippen molar-refractivity contribution in [2.75, 3.05) is 0 Å². The number of hydrogen-bond acceptors (Lipinski definition) is 4. The van der Waals surface area contributed by atoms with Gasteiger partial charge in [-0.3, -0.25) is 0 Å². The number of aromatic nitrogens is 2. The van der Waals surface area contributed by atoms with E-state index in [-0.39, 0.29) is 5.82 Å². The second kappa shape index (κ2) is 4.74. The van der Waals surface area contributed by atoms with Crippen LogP contribution in [0.5, 0.6) is 0 Å². The fourth-order valence-electron chi connectivity index (χ4n) is 1.46. The zero-order valence-corrected chi connectivity index (χ0v) is 9.27. The molecular formula is C12H10FN3O. The lowest BCUT2D eigenvalue weighted by atomic mass is 10.1. The second-order valence-electron chi connectivity index (χ2n) is 3.63. The van der Waals surface area contributed by atoms with Gasteiger partial charge in [-0.05, 0) is 24.6 Å². The Morgan fingerprint density at radius 1 is 1.47 bits per heavy atom. The summed E-state index contributed by atoms with van der Waals surface area (Å²) in [6.45, 7) is 1.85. The number of nitriles is 1. The highest BCUT2D eigenvalue weighted by Crippen LogP contribution is 2.21. The summed E-state index contributed by atoms with van der Waals surface area (Å²) in [7, 11) is 0. The fraction of sp³-hybridized carbons (Fsp3) is 0.250. The summed E-state index contributed by atoms with van der Waals surface area (Å²) in [6.07, 6.45) is 0.738. The fourth-order valence-corrected chi connectivity index (χ4v) is 1.46. The van der Waals surface area contributed by atoms with E-state index in [0.29, 0.717) is 30.1 Å². The lowest BCUT2D eigenvalue weighted by Crippen LogP contribution is -1.88. The molecule has 0 atom stereocenters. The average molecular weight is 231 g/mol. The molecule has 1 aromatic heterocycles. The molecule has 4 nitrogen and oxygen atoms in total. The molecule has 0 N–H and O–H groups in total. The Labute approximate surface area is 97.7 Å². The van der Waals surface area contributed by atoms with E-state index in [2.05, 4.69) is 10.1 Å². The van der Waals surface area contributed by atoms with Gasteiger partial charge in [-0.1, -0.05) is 11.2 Å². The van der Waals surface area contributed by atoms with Gasteiger partial charge in [0.15, 0.2) is 0 Å². The number of nitrogens with zero attached hydrogens (tertiary/aromatic N) is 3. The molecule has 0 spiro atoms. The van der Waals surface area contributed by atoms with Gasteiger partial charge in [-0.15, -0.1) is 0 Å². The SMILES string of the molecule is Cc1ccc(F)cc1-c1noc(CCC#N)n1. The first-order valence-corrected chi connectivity index (χ1v) is 5.17. The van der Waals surface area contributed by atoms with Crippen molar-refractivity contribution >= 4 is 0 Å². The molecule has 86 valence electrons. The highest BCUT2D eigenvalue weighted by molar-refractivity contribution is 5.59. The van der Waals surface area contributed by atoms with Crippen LogP contribution in [0, 0.1) is 24.1 Å². The number of aryl methyl sites for hydroxylation is 2. The van der Waals surface area contributed by atoms with Crippen molar-refractivity contribution in [1.29, 1.82) is 5.26 Å². The van der Waals surface area contributed by atoms with Crippen molar-refractivity contribution in [2.24, 2.45) is 0 Å². The summed E-state index contributed by atoms with van der Waals surface area (Å²) >= 11 is 0. The zero-order valence-electron chi connectivity index (χ0n) is 9.27. The van der Waals surface area contributed by atoms with Crippen LogP contribution in [-0.4, -0.2) is 10.1 Å². The minimum absolute atomic E-state index is 0.323. The number of benzene rings is 1. The maximum atomic E-state index is 13.1. The molecular weight excluding hydrogens is 221 g/mol. The summed E-state index contributed by atoms with van der Waals surface area (Å²) in [5, 5.41) is 12.2. The van der Waals surface area contributed by atoms with Crippen LogP contribution in [0.25, 0.3) is 11.4 Å². The third-order valence-electron chi connectivity index (χ3n) is 2.36. The zero-order chi connectivity index (χ0) is 12.3. The van der Waals surface area contributed by atoms with E-state index in [4.69, 9.17) is 9.78 Å². The van der Waals surface area contributed by atoms with Gasteiger partial charge in [0.25, 0.3) is 0 Å². The minimum Gasteiger partial charge on any atom is -0.339 e. The Kier molecular flexibility index (Phi) is 3.15. The molecule has 0 amide bonds. The van der Waals surface area contributed by atoms with E-state index >= 15 is 0 Å². The molecule has 17 heavy (non-hydrogen) atoms. The van der Waals surface area contributed by atoms with E-state index in [1.54, 1.807) is 6.07 Å². The van der Waals surface area contributed by atoms with E-state index in [1.165, 1.54) is 12.1 Å². The Hall–Kier alpha value is -2.22. The number of hydrogen-bond donors (Lipinski definition) is 0. The lowest BCUT2D eigenvalue weighted by molar-refractivity contribution is 0.380. The molecule has 0 saturated heterocycles. The van der Waals surface area contributed by atoms with Crippen molar-refractivity contribution in [3.05, 3.63) is 35.5 Å². The van der Waals surface area contributed by atoms with E-state index < -0.39 is 0 Å². The highest BCUT2D eigenvalue weighted by Gasteiger charge is 2.11. The normalized spacial score (nSPS) is 10.2. The van der Waals surface area contributed by atoms with Crippen molar-refractivity contribution < 1.29 is 8.91 Å². The summed E-state index contributed by atoms with van der Waals surface area (Å²) < 4.78 is 18.1. The largest absolute Gasteiger partial charge is 0.339 e. The highest BCUT2D eigenvalue weighted by atomic mass is 19.1. The number of rotatable bonds is 3. The van der Waals surface area contributed by atoms with Gasteiger partial charge >= 0.3 is 0 Å². The molecule has 0 aliphatic heterocycles. The summed E-state index contributed by atoms with van der Waals surface area (Å²) in [4.78, 5) is 4.12. The van der Waals surface area contributed by atoms with Crippen LogP contribution in [0.15, 0.2) is 22.7 Å². The Morgan fingerprint density at radius 2 is 2.29 bits per heavy atom. The molecule has 2 rings (SSSR count). The predicted molar refractivity (Wildman–Crippen MR) is 58.4 cm³/mol. The van der Waals surface area contributed by atoms with Crippen molar-refractivity contribution in [3.8, 4) is 17.5 Å². The van der Waals surface area contributed by atoms with Crippen molar-refractivity contribution in [1.82, 2.24) is 10.1 Å². The molecule has 0 bridgehead atoms.